The van der Waals surface area contributed by atoms with Crippen molar-refractivity contribution in [3.63, 3.8) is 0 Å². The van der Waals surface area contributed by atoms with Gasteiger partial charge in [0.2, 0.25) is 0 Å². The van der Waals surface area contributed by atoms with Crippen LogP contribution in [0.5, 0.6) is 5.75 Å². The minimum Gasteiger partial charge on any atom is -0.490 e. The molecule has 0 aromatic heterocycles. The molecule has 0 saturated carbocycles. The van der Waals surface area contributed by atoms with Crippen LogP contribution < -0.4 is 15.8 Å². The van der Waals surface area contributed by atoms with Crippen LogP contribution in [0.1, 0.15) is 12.8 Å². The van der Waals surface area contributed by atoms with E-state index in [4.69, 9.17) is 10.5 Å². The molecule has 0 aliphatic carbocycles. The molecule has 1 heterocycles. The molecule has 1 aromatic rings. The summed E-state index contributed by atoms with van der Waals surface area (Å²) in [5, 5.41) is 14.0. The van der Waals surface area contributed by atoms with Gasteiger partial charge in [-0.05, 0) is 38.1 Å². The predicted octanol–water partition coefficient (Wildman–Crippen LogP) is 1.31. The lowest BCUT2D eigenvalue weighted by atomic mass is 10.1. The number of ether oxygens (including phenoxy) is 1. The first-order chi connectivity index (χ1) is 8.16. The molecule has 92 valence electrons. The molecule has 6 heteroatoms. The van der Waals surface area contributed by atoms with Crippen molar-refractivity contribution < 1.29 is 9.66 Å². The van der Waals surface area contributed by atoms with Gasteiger partial charge in [0.05, 0.1) is 11.0 Å². The van der Waals surface area contributed by atoms with E-state index in [1.165, 1.54) is 12.1 Å². The summed E-state index contributed by atoms with van der Waals surface area (Å²) in [6.07, 6.45) is 1.95. The zero-order valence-electron chi connectivity index (χ0n) is 9.39. The van der Waals surface area contributed by atoms with Crippen molar-refractivity contribution in [3.8, 4) is 5.75 Å². The van der Waals surface area contributed by atoms with Crippen LogP contribution in [0.3, 0.4) is 0 Å². The van der Waals surface area contributed by atoms with Gasteiger partial charge in [-0.1, -0.05) is 0 Å². The molecule has 0 unspecified atom stereocenters. The maximum Gasteiger partial charge on any atom is 0.295 e. The summed E-state index contributed by atoms with van der Waals surface area (Å²) >= 11 is 0. The van der Waals surface area contributed by atoms with Gasteiger partial charge in [0.1, 0.15) is 17.5 Å². The molecule has 0 atom stereocenters. The molecule has 6 nitrogen and oxygen atoms in total. The van der Waals surface area contributed by atoms with Gasteiger partial charge in [-0.3, -0.25) is 10.1 Å². The number of nitro benzene ring substituents is 1. The van der Waals surface area contributed by atoms with Crippen molar-refractivity contribution in [2.45, 2.75) is 18.9 Å². The Bertz CT molecular complexity index is 416. The second-order valence-corrected chi connectivity index (χ2v) is 4.04. The number of nitrogen functional groups attached to an aromatic ring is 1. The number of hydrogen-bond acceptors (Lipinski definition) is 5. The molecule has 0 spiro atoms. The molecule has 0 amide bonds. The maximum atomic E-state index is 10.7. The van der Waals surface area contributed by atoms with Crippen LogP contribution in [0.2, 0.25) is 0 Å². The third-order valence-corrected chi connectivity index (χ3v) is 2.79. The number of benzene rings is 1. The van der Waals surface area contributed by atoms with E-state index in [0.717, 1.165) is 25.9 Å². The van der Waals surface area contributed by atoms with Crippen LogP contribution >= 0.6 is 0 Å². The van der Waals surface area contributed by atoms with Gasteiger partial charge in [-0.2, -0.15) is 0 Å². The first kappa shape index (κ1) is 11.7. The zero-order valence-corrected chi connectivity index (χ0v) is 9.39. The van der Waals surface area contributed by atoms with Crippen LogP contribution in [0.25, 0.3) is 0 Å². The Hall–Kier alpha value is -1.82. The molecule has 2 rings (SSSR count). The summed E-state index contributed by atoms with van der Waals surface area (Å²) in [6, 6.07) is 4.57. The van der Waals surface area contributed by atoms with Crippen molar-refractivity contribution in [1.29, 1.82) is 0 Å². The quantitative estimate of drug-likeness (QED) is 0.470. The van der Waals surface area contributed by atoms with E-state index in [2.05, 4.69) is 5.32 Å². The summed E-state index contributed by atoms with van der Waals surface area (Å²) in [5.74, 6) is 0.512. The van der Waals surface area contributed by atoms with E-state index < -0.39 is 4.92 Å². The van der Waals surface area contributed by atoms with Crippen molar-refractivity contribution in [2.24, 2.45) is 0 Å². The van der Waals surface area contributed by atoms with Gasteiger partial charge >= 0.3 is 0 Å². The third kappa shape index (κ3) is 2.85. The first-order valence-electron chi connectivity index (χ1n) is 5.58. The minimum absolute atomic E-state index is 0.101. The van der Waals surface area contributed by atoms with E-state index in [1.54, 1.807) is 6.07 Å². The molecule has 0 radical (unpaired) electrons. The summed E-state index contributed by atoms with van der Waals surface area (Å²) in [7, 11) is 0. The Morgan fingerprint density at radius 2 is 2.12 bits per heavy atom. The lowest BCUT2D eigenvalue weighted by molar-refractivity contribution is -0.384. The summed E-state index contributed by atoms with van der Waals surface area (Å²) in [4.78, 5) is 10.2. The molecule has 1 saturated heterocycles. The average Bonchev–Trinajstić information content (AvgIpc) is 2.32. The Morgan fingerprint density at radius 1 is 1.41 bits per heavy atom. The number of piperidine rings is 1. The second kappa shape index (κ2) is 5.01. The normalized spacial score (nSPS) is 16.7. The van der Waals surface area contributed by atoms with Crippen molar-refractivity contribution in [3.05, 3.63) is 28.3 Å². The second-order valence-electron chi connectivity index (χ2n) is 4.04. The highest BCUT2D eigenvalue weighted by molar-refractivity contribution is 5.60. The molecule has 1 aliphatic heterocycles. The Balaban J connectivity index is 2.10. The fraction of sp³-hybridized carbons (Fsp3) is 0.455. The van der Waals surface area contributed by atoms with Crippen molar-refractivity contribution in [1.82, 2.24) is 5.32 Å². The molecule has 3 N–H and O–H groups in total. The smallest absolute Gasteiger partial charge is 0.295 e. The fourth-order valence-corrected chi connectivity index (χ4v) is 1.86. The number of nitrogens with two attached hydrogens (primary N) is 1. The van der Waals surface area contributed by atoms with Crippen LogP contribution in [0.4, 0.5) is 11.4 Å². The maximum absolute atomic E-state index is 10.7. The summed E-state index contributed by atoms with van der Waals surface area (Å²) in [5.41, 5.74) is 5.58. The highest BCUT2D eigenvalue weighted by Gasteiger charge is 2.17. The van der Waals surface area contributed by atoms with Crippen molar-refractivity contribution >= 4 is 11.4 Å². The molecule has 17 heavy (non-hydrogen) atoms. The van der Waals surface area contributed by atoms with Gasteiger partial charge in [-0.25, -0.2) is 0 Å². The molecule has 1 aliphatic rings. The predicted molar refractivity (Wildman–Crippen MR) is 64.0 cm³/mol. The van der Waals surface area contributed by atoms with E-state index in [-0.39, 0.29) is 17.5 Å². The standard InChI is InChI=1S/C11H15N3O3/c12-10-2-1-9(7-11(10)14(15)16)17-8-3-5-13-6-4-8/h1-2,7-8,13H,3-6,12H2. The average molecular weight is 237 g/mol. The highest BCUT2D eigenvalue weighted by atomic mass is 16.6. The molecular formula is C11H15N3O3. The topological polar surface area (TPSA) is 90.4 Å². The third-order valence-electron chi connectivity index (χ3n) is 2.79. The first-order valence-corrected chi connectivity index (χ1v) is 5.58. The monoisotopic (exact) mass is 237 g/mol. The van der Waals surface area contributed by atoms with Gasteiger partial charge in [0.25, 0.3) is 5.69 Å². The fourth-order valence-electron chi connectivity index (χ4n) is 1.86. The lowest BCUT2D eigenvalue weighted by Crippen LogP contribution is -2.34. The summed E-state index contributed by atoms with van der Waals surface area (Å²) in [6.45, 7) is 1.84. The van der Waals surface area contributed by atoms with E-state index >= 15 is 0 Å². The number of anilines is 1. The van der Waals surface area contributed by atoms with Crippen LogP contribution in [-0.4, -0.2) is 24.1 Å². The minimum atomic E-state index is -0.495. The van der Waals surface area contributed by atoms with Gasteiger partial charge in [0.15, 0.2) is 0 Å². The molecule has 1 aromatic carbocycles. The lowest BCUT2D eigenvalue weighted by Gasteiger charge is -2.23. The summed E-state index contributed by atoms with van der Waals surface area (Å²) < 4.78 is 5.70. The van der Waals surface area contributed by atoms with E-state index in [9.17, 15) is 10.1 Å². The Kier molecular flexibility index (Phi) is 3.43. The molecule has 0 bridgehead atoms. The van der Waals surface area contributed by atoms with E-state index in [0.29, 0.717) is 5.75 Å². The van der Waals surface area contributed by atoms with Gasteiger partial charge in [0, 0.05) is 0 Å². The molecule has 1 fully saturated rings. The van der Waals surface area contributed by atoms with Crippen LogP contribution in [0.15, 0.2) is 18.2 Å². The number of nitrogens with zero attached hydrogens (tertiary/aromatic N) is 1. The SMILES string of the molecule is Nc1ccc(OC2CCNCC2)cc1[N+](=O)[O-]. The number of hydrogen-bond donors (Lipinski definition) is 2. The van der Waals surface area contributed by atoms with Crippen LogP contribution in [-0.2, 0) is 0 Å². The van der Waals surface area contributed by atoms with Gasteiger partial charge in [-0.15, -0.1) is 0 Å². The molecular weight excluding hydrogens is 222 g/mol. The number of rotatable bonds is 3. The van der Waals surface area contributed by atoms with Gasteiger partial charge < -0.3 is 15.8 Å². The van der Waals surface area contributed by atoms with Crippen molar-refractivity contribution in [2.75, 3.05) is 18.8 Å². The Labute approximate surface area is 98.9 Å². The zero-order chi connectivity index (χ0) is 12.3. The van der Waals surface area contributed by atoms with Crippen LogP contribution in [0, 0.1) is 10.1 Å². The largest absolute Gasteiger partial charge is 0.490 e. The number of nitro groups is 1. The highest BCUT2D eigenvalue weighted by Crippen LogP contribution is 2.27. The van der Waals surface area contributed by atoms with E-state index in [1.807, 2.05) is 0 Å². The Morgan fingerprint density at radius 3 is 2.76 bits per heavy atom. The number of nitrogens with one attached hydrogen (secondary N) is 1.